The van der Waals surface area contributed by atoms with Gasteiger partial charge in [-0.25, -0.2) is 4.79 Å². The van der Waals surface area contributed by atoms with Gasteiger partial charge in [-0.3, -0.25) is 4.99 Å². The van der Waals surface area contributed by atoms with Crippen molar-refractivity contribution in [2.24, 2.45) is 10.7 Å². The first-order valence-electron chi connectivity index (χ1n) is 9.02. The van der Waals surface area contributed by atoms with E-state index in [1.807, 2.05) is 12.1 Å². The molecule has 1 aliphatic carbocycles. The number of carbonyl (C=O) groups is 1. The number of guanidine groups is 1. The van der Waals surface area contributed by atoms with E-state index in [1.165, 1.54) is 31.1 Å². The van der Waals surface area contributed by atoms with Crippen molar-refractivity contribution in [3.05, 3.63) is 64.7 Å². The van der Waals surface area contributed by atoms with Crippen molar-refractivity contribution in [2.45, 2.75) is 32.1 Å². The summed E-state index contributed by atoms with van der Waals surface area (Å²) in [6, 6.07) is 13.7. The predicted molar refractivity (Wildman–Crippen MR) is 120 cm³/mol. The number of esters is 1. The van der Waals surface area contributed by atoms with Crippen molar-refractivity contribution in [1.29, 1.82) is 0 Å². The van der Waals surface area contributed by atoms with Crippen LogP contribution in [0.5, 0.6) is 0 Å². The van der Waals surface area contributed by atoms with E-state index in [4.69, 9.17) is 10.5 Å². The second-order valence-electron chi connectivity index (χ2n) is 6.48. The number of nitrogens with two attached hydrogens (primary N) is 1. The van der Waals surface area contributed by atoms with Gasteiger partial charge in [0.05, 0.1) is 12.7 Å². The lowest BCUT2D eigenvalue weighted by molar-refractivity contribution is 0.0600. The second kappa shape index (κ2) is 10.3. The molecule has 0 heterocycles. The lowest BCUT2D eigenvalue weighted by atomic mass is 9.90. The van der Waals surface area contributed by atoms with Crippen LogP contribution in [0.3, 0.4) is 0 Å². The van der Waals surface area contributed by atoms with E-state index in [-0.39, 0.29) is 29.9 Å². The molecule has 144 valence electrons. The fourth-order valence-corrected chi connectivity index (χ4v) is 3.31. The normalized spacial score (nSPS) is 13.3. The van der Waals surface area contributed by atoms with Crippen LogP contribution in [0.2, 0.25) is 0 Å². The molecular weight excluding hydrogens is 453 g/mol. The number of nitrogens with one attached hydrogen (secondary N) is 1. The highest BCUT2D eigenvalue weighted by atomic mass is 127. The van der Waals surface area contributed by atoms with Gasteiger partial charge < -0.3 is 15.8 Å². The molecule has 0 saturated carbocycles. The highest BCUT2D eigenvalue weighted by Gasteiger charge is 2.13. The largest absolute Gasteiger partial charge is 0.465 e. The fourth-order valence-electron chi connectivity index (χ4n) is 3.31. The molecule has 0 amide bonds. The molecular formula is C21H26IN3O2. The minimum Gasteiger partial charge on any atom is -0.465 e. The number of carbonyl (C=O) groups excluding carboxylic acids is 1. The highest BCUT2D eigenvalue weighted by Crippen LogP contribution is 2.27. The topological polar surface area (TPSA) is 76.7 Å². The van der Waals surface area contributed by atoms with E-state index in [0.717, 1.165) is 30.5 Å². The van der Waals surface area contributed by atoms with Gasteiger partial charge in [0.2, 0.25) is 0 Å². The van der Waals surface area contributed by atoms with E-state index >= 15 is 0 Å². The molecule has 1 aliphatic rings. The molecule has 5 nitrogen and oxygen atoms in total. The smallest absolute Gasteiger partial charge is 0.337 e. The summed E-state index contributed by atoms with van der Waals surface area (Å²) >= 11 is 0. The average molecular weight is 479 g/mol. The van der Waals surface area contributed by atoms with Crippen LogP contribution in [-0.2, 0) is 24.0 Å². The van der Waals surface area contributed by atoms with Crippen LogP contribution >= 0.6 is 24.0 Å². The Morgan fingerprint density at radius 1 is 1.15 bits per heavy atom. The first-order chi connectivity index (χ1) is 12.7. The van der Waals surface area contributed by atoms with Crippen LogP contribution in [-0.4, -0.2) is 25.6 Å². The number of benzene rings is 2. The number of aliphatic imine (C=N–C) groups is 1. The number of rotatable bonds is 5. The number of ether oxygens (including phenoxy) is 1. The van der Waals surface area contributed by atoms with Crippen LogP contribution in [0.1, 0.15) is 39.9 Å². The number of methoxy groups -OCH3 is 1. The molecule has 0 aromatic heterocycles. The highest BCUT2D eigenvalue weighted by molar-refractivity contribution is 14.0. The number of hydrogen-bond donors (Lipinski definition) is 2. The molecule has 0 atom stereocenters. The summed E-state index contributed by atoms with van der Waals surface area (Å²) in [4.78, 5) is 15.9. The molecule has 2 aromatic carbocycles. The monoisotopic (exact) mass is 479 g/mol. The third-order valence-electron chi connectivity index (χ3n) is 4.72. The van der Waals surface area contributed by atoms with E-state index in [1.54, 1.807) is 12.1 Å². The SMILES string of the molecule is COC(=O)c1ccc(CCN=C(N)Nc2cccc3c2CCCC3)cc1.I. The van der Waals surface area contributed by atoms with Crippen LogP contribution in [0.15, 0.2) is 47.5 Å². The Labute approximate surface area is 177 Å². The molecule has 3 N–H and O–H groups in total. The molecule has 6 heteroatoms. The van der Waals surface area contributed by atoms with Crippen molar-refractivity contribution < 1.29 is 9.53 Å². The third-order valence-corrected chi connectivity index (χ3v) is 4.72. The minimum atomic E-state index is -0.325. The van der Waals surface area contributed by atoms with Gasteiger partial charge >= 0.3 is 5.97 Å². The maximum atomic E-state index is 11.4. The summed E-state index contributed by atoms with van der Waals surface area (Å²) in [5.74, 6) is 0.115. The Bertz CT molecular complexity index is 804. The Balaban J connectivity index is 0.00000261. The van der Waals surface area contributed by atoms with Gasteiger partial charge in [0.1, 0.15) is 0 Å². The zero-order chi connectivity index (χ0) is 18.4. The molecule has 0 saturated heterocycles. The van der Waals surface area contributed by atoms with Crippen molar-refractivity contribution in [1.82, 2.24) is 0 Å². The minimum absolute atomic E-state index is 0. The van der Waals surface area contributed by atoms with Crippen LogP contribution < -0.4 is 11.1 Å². The van der Waals surface area contributed by atoms with E-state index < -0.39 is 0 Å². The zero-order valence-corrected chi connectivity index (χ0v) is 17.9. The third kappa shape index (κ3) is 5.69. The van der Waals surface area contributed by atoms with Crippen LogP contribution in [0.25, 0.3) is 0 Å². The molecule has 2 aromatic rings. The van der Waals surface area contributed by atoms with Crippen molar-refractivity contribution >= 4 is 41.6 Å². The van der Waals surface area contributed by atoms with Gasteiger partial charge in [-0.15, -0.1) is 24.0 Å². The summed E-state index contributed by atoms with van der Waals surface area (Å²) in [5, 5.41) is 3.25. The summed E-state index contributed by atoms with van der Waals surface area (Å²) < 4.78 is 4.70. The number of anilines is 1. The Morgan fingerprint density at radius 3 is 2.63 bits per heavy atom. The Hall–Kier alpha value is -2.09. The molecule has 0 aliphatic heterocycles. The van der Waals surface area contributed by atoms with Gasteiger partial charge in [-0.05, 0) is 67.0 Å². The van der Waals surface area contributed by atoms with Gasteiger partial charge in [-0.2, -0.15) is 0 Å². The molecule has 0 unspecified atom stereocenters. The first kappa shape index (κ1) is 21.2. The number of halogens is 1. The average Bonchev–Trinajstić information content (AvgIpc) is 2.68. The van der Waals surface area contributed by atoms with E-state index in [0.29, 0.717) is 18.1 Å². The lowest BCUT2D eigenvalue weighted by Crippen LogP contribution is -2.24. The molecule has 0 spiro atoms. The molecule has 0 radical (unpaired) electrons. The van der Waals surface area contributed by atoms with Gasteiger partial charge in [-0.1, -0.05) is 24.3 Å². The van der Waals surface area contributed by atoms with Crippen LogP contribution in [0.4, 0.5) is 5.69 Å². The maximum Gasteiger partial charge on any atom is 0.337 e. The van der Waals surface area contributed by atoms with Crippen molar-refractivity contribution in [3.63, 3.8) is 0 Å². The van der Waals surface area contributed by atoms with Gasteiger partial charge in [0, 0.05) is 12.2 Å². The summed E-state index contributed by atoms with van der Waals surface area (Å²) in [6.07, 6.45) is 5.48. The Morgan fingerprint density at radius 2 is 1.89 bits per heavy atom. The second-order valence-corrected chi connectivity index (χ2v) is 6.48. The summed E-state index contributed by atoms with van der Waals surface area (Å²) in [5.41, 5.74) is 11.6. The lowest BCUT2D eigenvalue weighted by Gasteiger charge is -2.19. The Kier molecular flexibility index (Phi) is 8.09. The fraction of sp³-hybridized carbons (Fsp3) is 0.333. The number of hydrogen-bond acceptors (Lipinski definition) is 3. The maximum absolute atomic E-state index is 11.4. The van der Waals surface area contributed by atoms with E-state index in [2.05, 4.69) is 28.5 Å². The number of fused-ring (bicyclic) bond motifs is 1. The quantitative estimate of drug-likeness (QED) is 0.295. The molecule has 0 fully saturated rings. The molecule has 0 bridgehead atoms. The predicted octanol–water partition coefficient (Wildman–Crippen LogP) is 3.94. The van der Waals surface area contributed by atoms with E-state index in [9.17, 15) is 4.79 Å². The molecule has 3 rings (SSSR count). The standard InChI is InChI=1S/C21H25N3O2.HI/c1-26-20(25)17-11-9-15(10-12-17)13-14-23-21(22)24-19-8-4-6-16-5-2-3-7-18(16)19;/h4,6,8-12H,2-3,5,7,13-14H2,1H3,(H3,22,23,24);1H. The summed E-state index contributed by atoms with van der Waals surface area (Å²) in [7, 11) is 1.38. The molecule has 27 heavy (non-hydrogen) atoms. The van der Waals surface area contributed by atoms with Gasteiger partial charge in [0.25, 0.3) is 0 Å². The number of nitrogens with zero attached hydrogens (tertiary/aromatic N) is 1. The number of aryl methyl sites for hydroxylation is 1. The summed E-state index contributed by atoms with van der Waals surface area (Å²) in [6.45, 7) is 0.589. The van der Waals surface area contributed by atoms with Crippen molar-refractivity contribution in [2.75, 3.05) is 19.0 Å². The zero-order valence-electron chi connectivity index (χ0n) is 15.5. The van der Waals surface area contributed by atoms with Gasteiger partial charge in [0.15, 0.2) is 5.96 Å². The van der Waals surface area contributed by atoms with Crippen LogP contribution in [0, 0.1) is 0 Å². The van der Waals surface area contributed by atoms with Crippen molar-refractivity contribution in [3.8, 4) is 0 Å². The first-order valence-corrected chi connectivity index (χ1v) is 9.02.